The first-order chi connectivity index (χ1) is 44.7. The molecule has 0 saturated carbocycles. The summed E-state index contributed by atoms with van der Waals surface area (Å²) in [4.78, 5) is 72.4. The second-order valence-electron chi connectivity index (χ2n) is 28.1. The van der Waals surface area contributed by atoms with Crippen molar-refractivity contribution >= 4 is 39.5 Å². The first-order valence-electron chi connectivity index (χ1n) is 38.3. The van der Waals surface area contributed by atoms with E-state index in [1.54, 1.807) is 0 Å². The first-order valence-corrected chi connectivity index (χ1v) is 41.3. The zero-order chi connectivity index (χ0) is 68.7. The van der Waals surface area contributed by atoms with E-state index >= 15 is 0 Å². The maximum absolute atomic E-state index is 13.1. The molecule has 0 amide bonds. The summed E-state index contributed by atoms with van der Waals surface area (Å²) in [6.45, 7) is 11.8. The number of carbonyl (C=O) groups is 4. The Kier molecular flexibility index (Phi) is 63.4. The molecule has 5 atom stereocenters. The molecule has 0 radical (unpaired) electrons. The molecule has 93 heavy (non-hydrogen) atoms. The predicted molar refractivity (Wildman–Crippen MR) is 377 cm³/mol. The highest BCUT2D eigenvalue weighted by Gasteiger charge is 2.30. The van der Waals surface area contributed by atoms with E-state index in [2.05, 4.69) is 48.5 Å². The van der Waals surface area contributed by atoms with Crippen LogP contribution in [0.1, 0.15) is 376 Å². The smallest absolute Gasteiger partial charge is 0.462 e. The van der Waals surface area contributed by atoms with Crippen LogP contribution < -0.4 is 0 Å². The number of rotatable bonds is 72. The van der Waals surface area contributed by atoms with Crippen LogP contribution in [-0.4, -0.2) is 96.7 Å². The molecule has 0 heterocycles. The Morgan fingerprint density at radius 1 is 0.290 bits per heavy atom. The van der Waals surface area contributed by atoms with Crippen molar-refractivity contribution in [3.05, 3.63) is 0 Å². The molecule has 0 aromatic carbocycles. The van der Waals surface area contributed by atoms with Crippen molar-refractivity contribution in [1.29, 1.82) is 0 Å². The van der Waals surface area contributed by atoms with Crippen molar-refractivity contribution in [3.8, 4) is 0 Å². The summed E-state index contributed by atoms with van der Waals surface area (Å²) in [6.07, 6.45) is 50.4. The zero-order valence-corrected chi connectivity index (χ0v) is 62.5. The molecule has 0 aromatic heterocycles. The Balaban J connectivity index is 5.15. The van der Waals surface area contributed by atoms with E-state index in [0.29, 0.717) is 25.7 Å². The van der Waals surface area contributed by atoms with Crippen LogP contribution in [0.5, 0.6) is 0 Å². The Labute approximate surface area is 568 Å². The summed E-state index contributed by atoms with van der Waals surface area (Å²) in [5.74, 6) is 0.223. The number of esters is 4. The van der Waals surface area contributed by atoms with Crippen molar-refractivity contribution in [2.75, 3.05) is 39.6 Å². The van der Waals surface area contributed by atoms with E-state index in [4.69, 9.17) is 37.0 Å². The average molecular weight is 1370 g/mol. The van der Waals surface area contributed by atoms with Crippen molar-refractivity contribution in [2.24, 2.45) is 17.8 Å². The minimum atomic E-state index is -4.95. The molecule has 0 aliphatic carbocycles. The normalized spacial score (nSPS) is 14.1. The van der Waals surface area contributed by atoms with Crippen molar-refractivity contribution in [1.82, 2.24) is 0 Å². The number of phosphoric acid groups is 2. The van der Waals surface area contributed by atoms with Gasteiger partial charge in [-0.25, -0.2) is 9.13 Å². The number of hydrogen-bond acceptors (Lipinski definition) is 15. The maximum atomic E-state index is 13.1. The van der Waals surface area contributed by atoms with E-state index in [0.717, 1.165) is 114 Å². The van der Waals surface area contributed by atoms with Crippen LogP contribution in [-0.2, 0) is 65.4 Å². The molecule has 0 bridgehead atoms. The summed E-state index contributed by atoms with van der Waals surface area (Å²) in [5.41, 5.74) is 0. The molecule has 0 aliphatic rings. The first kappa shape index (κ1) is 91.1. The molecule has 19 heteroatoms. The highest BCUT2D eigenvalue weighted by molar-refractivity contribution is 7.47. The second-order valence-corrected chi connectivity index (χ2v) is 31.0. The minimum absolute atomic E-state index is 0.105. The Bertz CT molecular complexity index is 1820. The van der Waals surface area contributed by atoms with E-state index in [-0.39, 0.29) is 25.7 Å². The maximum Gasteiger partial charge on any atom is 0.472 e. The number of carbonyl (C=O) groups excluding carboxylic acids is 4. The average Bonchev–Trinajstić information content (AvgIpc) is 1.85. The topological polar surface area (TPSA) is 237 Å². The molecule has 0 spiro atoms. The summed E-state index contributed by atoms with van der Waals surface area (Å²) in [5, 5.41) is 10.6. The Morgan fingerprint density at radius 3 is 0.731 bits per heavy atom. The molecule has 3 N–H and O–H groups in total. The van der Waals surface area contributed by atoms with Gasteiger partial charge in [0.2, 0.25) is 0 Å². The van der Waals surface area contributed by atoms with Gasteiger partial charge in [0, 0.05) is 25.7 Å². The number of aliphatic hydroxyl groups is 1. The summed E-state index contributed by atoms with van der Waals surface area (Å²) >= 11 is 0. The van der Waals surface area contributed by atoms with Crippen LogP contribution in [0, 0.1) is 17.8 Å². The quantitative estimate of drug-likeness (QED) is 0.0222. The third-order valence-electron chi connectivity index (χ3n) is 17.1. The Hall–Kier alpha value is -1.94. The van der Waals surface area contributed by atoms with Gasteiger partial charge in [0.15, 0.2) is 12.2 Å². The number of aliphatic hydroxyl groups excluding tert-OH is 1. The molecule has 0 fully saturated rings. The van der Waals surface area contributed by atoms with E-state index in [1.807, 2.05) is 0 Å². The van der Waals surface area contributed by atoms with Gasteiger partial charge in [0.25, 0.3) is 0 Å². The zero-order valence-electron chi connectivity index (χ0n) is 60.7. The van der Waals surface area contributed by atoms with E-state index < -0.39 is 97.5 Å². The van der Waals surface area contributed by atoms with Crippen LogP contribution >= 0.6 is 15.6 Å². The lowest BCUT2D eigenvalue weighted by Crippen LogP contribution is -2.30. The van der Waals surface area contributed by atoms with Gasteiger partial charge in [-0.2, -0.15) is 0 Å². The van der Waals surface area contributed by atoms with Gasteiger partial charge in [0.1, 0.15) is 19.3 Å². The van der Waals surface area contributed by atoms with Gasteiger partial charge in [-0.15, -0.1) is 0 Å². The van der Waals surface area contributed by atoms with Crippen LogP contribution in [0.25, 0.3) is 0 Å². The fraction of sp³-hybridized carbons (Fsp3) is 0.946. The highest BCUT2D eigenvalue weighted by Crippen LogP contribution is 2.45. The minimum Gasteiger partial charge on any atom is -0.462 e. The number of phosphoric ester groups is 2. The van der Waals surface area contributed by atoms with Crippen molar-refractivity contribution in [2.45, 2.75) is 394 Å². The van der Waals surface area contributed by atoms with Crippen molar-refractivity contribution in [3.63, 3.8) is 0 Å². The molecule has 552 valence electrons. The molecular weight excluding hydrogens is 1220 g/mol. The lowest BCUT2D eigenvalue weighted by atomic mass is 10.0. The van der Waals surface area contributed by atoms with Gasteiger partial charge in [-0.05, 0) is 43.4 Å². The predicted octanol–water partition coefficient (Wildman–Crippen LogP) is 21.4. The number of hydrogen-bond donors (Lipinski definition) is 3. The largest absolute Gasteiger partial charge is 0.472 e. The van der Waals surface area contributed by atoms with Gasteiger partial charge in [-0.3, -0.25) is 37.3 Å². The summed E-state index contributed by atoms with van der Waals surface area (Å²) < 4.78 is 68.2. The van der Waals surface area contributed by atoms with Gasteiger partial charge >= 0.3 is 39.5 Å². The molecule has 0 rings (SSSR count). The number of ether oxygens (including phenoxy) is 4. The second kappa shape index (κ2) is 64.7. The third-order valence-corrected chi connectivity index (χ3v) is 19.0. The molecule has 0 aliphatic heterocycles. The summed E-state index contributed by atoms with van der Waals surface area (Å²) in [6, 6.07) is 0. The lowest BCUT2D eigenvalue weighted by Gasteiger charge is -2.21. The monoisotopic (exact) mass is 1370 g/mol. The molecule has 17 nitrogen and oxygen atoms in total. The van der Waals surface area contributed by atoms with E-state index in [9.17, 15) is 43.2 Å². The van der Waals surface area contributed by atoms with Crippen molar-refractivity contribution < 1.29 is 80.2 Å². The number of unbranched alkanes of at least 4 members (excludes halogenated alkanes) is 40. The molecule has 0 saturated heterocycles. The summed E-state index contributed by atoms with van der Waals surface area (Å²) in [7, 11) is -9.90. The van der Waals surface area contributed by atoms with Crippen LogP contribution in [0.15, 0.2) is 0 Å². The highest BCUT2D eigenvalue weighted by atomic mass is 31.2. The fourth-order valence-electron chi connectivity index (χ4n) is 11.2. The Morgan fingerprint density at radius 2 is 0.495 bits per heavy atom. The van der Waals surface area contributed by atoms with Crippen LogP contribution in [0.2, 0.25) is 0 Å². The SMILES string of the molecule is CCCCCCCC(=O)OC[C@H](COP(=O)(O)OC[C@H](O)COP(=O)(O)OC[C@@H](COC(=O)CCCCCCCCCCCCCCCCC(C)C)OC(=O)CCCCCCCCCCCCCCCCCC(C)C)OC(=O)CCCCCCCCCCCCC(C)C. The third kappa shape index (κ3) is 68.4. The van der Waals surface area contributed by atoms with Gasteiger partial charge < -0.3 is 33.8 Å². The van der Waals surface area contributed by atoms with Crippen LogP contribution in [0.4, 0.5) is 0 Å². The standard InChI is InChI=1S/C74H144O17P2/c1-8-9-10-38-48-55-71(76)84-61-69(90-73(78)58-51-44-37-31-25-24-28-34-41-47-54-67(6)7)63-88-92(80,81)86-59-68(75)60-87-93(82,83)89-64-70(62-85-72(77)56-49-42-35-29-22-18-15-14-17-21-27-33-40-46-53-66(4)5)91-74(79)57-50-43-36-30-23-19-13-11-12-16-20-26-32-39-45-52-65(2)3/h65-70,75H,8-64H2,1-7H3,(H,80,81)(H,82,83)/t68-,69+,70+/m0/s1. The lowest BCUT2D eigenvalue weighted by molar-refractivity contribution is -0.161. The molecular formula is C74H144O17P2. The van der Waals surface area contributed by atoms with Crippen LogP contribution in [0.3, 0.4) is 0 Å². The fourth-order valence-corrected chi connectivity index (χ4v) is 12.8. The molecule has 2 unspecified atom stereocenters. The molecule has 0 aromatic rings. The van der Waals surface area contributed by atoms with E-state index in [1.165, 1.54) is 180 Å². The van der Waals surface area contributed by atoms with Gasteiger partial charge in [-0.1, -0.05) is 325 Å². The van der Waals surface area contributed by atoms with Gasteiger partial charge in [0.05, 0.1) is 26.4 Å².